The molecule has 3 rings (SSSR count). The van der Waals surface area contributed by atoms with Crippen LogP contribution in [0.5, 0.6) is 5.75 Å². The molecule has 0 saturated heterocycles. The van der Waals surface area contributed by atoms with Gasteiger partial charge >= 0.3 is 29.6 Å². The number of hydrogen-bond donors (Lipinski definition) is 0. The van der Waals surface area contributed by atoms with E-state index in [4.69, 9.17) is 4.74 Å². The summed E-state index contributed by atoms with van der Waals surface area (Å²) in [4.78, 5) is 23.9. The van der Waals surface area contributed by atoms with E-state index in [1.54, 1.807) is 67.8 Å². The molecule has 0 spiro atoms. The van der Waals surface area contributed by atoms with E-state index >= 15 is 0 Å². The summed E-state index contributed by atoms with van der Waals surface area (Å²) in [5.74, 6) is -0.616. The number of benzene rings is 2. The molecule has 0 fully saturated rings. The van der Waals surface area contributed by atoms with Crippen LogP contribution in [0.1, 0.15) is 32.0 Å². The SMILES string of the molecule is COc1ccc(C(=O)c2cccn2C/C=C/c2ccccc2C(=O)[O-])cc1.[Na+]. The molecule has 1 heterocycles. The van der Waals surface area contributed by atoms with Crippen molar-refractivity contribution in [1.29, 1.82) is 0 Å². The van der Waals surface area contributed by atoms with Crippen LogP contribution in [0.4, 0.5) is 0 Å². The molecule has 28 heavy (non-hydrogen) atoms. The molecule has 1 aromatic heterocycles. The zero-order valence-corrected chi connectivity index (χ0v) is 17.8. The van der Waals surface area contributed by atoms with E-state index in [1.807, 2.05) is 16.8 Å². The normalized spacial score (nSPS) is 10.5. The number of carbonyl (C=O) groups is 2. The molecule has 0 saturated carbocycles. The summed E-state index contributed by atoms with van der Waals surface area (Å²) < 4.78 is 6.92. The van der Waals surface area contributed by atoms with Gasteiger partial charge < -0.3 is 19.2 Å². The van der Waals surface area contributed by atoms with Crippen molar-refractivity contribution in [3.8, 4) is 5.75 Å². The first-order valence-corrected chi connectivity index (χ1v) is 8.41. The number of carbonyl (C=O) groups excluding carboxylic acids is 2. The Balaban J connectivity index is 0.00000280. The Labute approximate surface area is 185 Å². The average molecular weight is 383 g/mol. The van der Waals surface area contributed by atoms with Gasteiger partial charge in [-0.2, -0.15) is 0 Å². The molecule has 0 radical (unpaired) electrons. The van der Waals surface area contributed by atoms with Crippen LogP contribution in [0.2, 0.25) is 0 Å². The van der Waals surface area contributed by atoms with Gasteiger partial charge in [0.25, 0.3) is 0 Å². The maximum absolute atomic E-state index is 12.7. The van der Waals surface area contributed by atoms with Gasteiger partial charge in [-0.1, -0.05) is 36.4 Å². The van der Waals surface area contributed by atoms with Crippen molar-refractivity contribution in [2.24, 2.45) is 0 Å². The fourth-order valence-electron chi connectivity index (χ4n) is 2.79. The van der Waals surface area contributed by atoms with Crippen LogP contribution in [0.25, 0.3) is 6.08 Å². The molecule has 136 valence electrons. The Morgan fingerprint density at radius 1 is 1.04 bits per heavy atom. The van der Waals surface area contributed by atoms with Gasteiger partial charge in [0.1, 0.15) is 5.75 Å². The zero-order valence-electron chi connectivity index (χ0n) is 15.8. The van der Waals surface area contributed by atoms with E-state index in [0.29, 0.717) is 29.1 Å². The Hall–Kier alpha value is -2.60. The number of allylic oxidation sites excluding steroid dienone is 1. The number of rotatable bonds is 7. The third-order valence-electron chi connectivity index (χ3n) is 4.19. The van der Waals surface area contributed by atoms with Crippen LogP contribution in [0, 0.1) is 0 Å². The Kier molecular flexibility index (Phi) is 7.81. The number of ether oxygens (including phenoxy) is 1. The summed E-state index contributed by atoms with van der Waals surface area (Å²) in [6.45, 7) is 0.436. The standard InChI is InChI=1S/C22H19NO4.Na/c1-27-18-12-10-17(11-13-18)21(24)20-9-5-15-23(20)14-4-7-16-6-2-3-8-19(16)22(25)26;/h2-13,15H,14H2,1H3,(H,25,26);/q;+1/p-1/b7-4+;. The smallest absolute Gasteiger partial charge is 0.545 e. The number of carboxylic acids is 1. The second-order valence-corrected chi connectivity index (χ2v) is 5.88. The predicted octanol–water partition coefficient (Wildman–Crippen LogP) is -0.191. The van der Waals surface area contributed by atoms with E-state index in [2.05, 4.69) is 0 Å². The van der Waals surface area contributed by atoms with Crippen molar-refractivity contribution in [3.63, 3.8) is 0 Å². The third-order valence-corrected chi connectivity index (χ3v) is 4.19. The third kappa shape index (κ3) is 5.01. The van der Waals surface area contributed by atoms with Gasteiger partial charge in [-0.25, -0.2) is 0 Å². The molecule has 0 atom stereocenters. The minimum Gasteiger partial charge on any atom is -0.545 e. The molecule has 0 amide bonds. The second-order valence-electron chi connectivity index (χ2n) is 5.88. The van der Waals surface area contributed by atoms with Gasteiger partial charge in [-0.05, 0) is 42.0 Å². The van der Waals surface area contributed by atoms with Crippen molar-refractivity contribution >= 4 is 17.8 Å². The summed E-state index contributed by atoms with van der Waals surface area (Å²) in [6.07, 6.45) is 5.34. The Morgan fingerprint density at radius 2 is 1.75 bits per heavy atom. The maximum Gasteiger partial charge on any atom is 1.00 e. The van der Waals surface area contributed by atoms with E-state index in [1.165, 1.54) is 6.07 Å². The van der Waals surface area contributed by atoms with Gasteiger partial charge in [0.15, 0.2) is 0 Å². The molecule has 5 nitrogen and oxygen atoms in total. The zero-order chi connectivity index (χ0) is 19.2. The topological polar surface area (TPSA) is 71.4 Å². The fourth-order valence-corrected chi connectivity index (χ4v) is 2.79. The van der Waals surface area contributed by atoms with E-state index < -0.39 is 5.97 Å². The minimum atomic E-state index is -1.22. The van der Waals surface area contributed by atoms with Crippen molar-refractivity contribution in [1.82, 2.24) is 4.57 Å². The van der Waals surface area contributed by atoms with Gasteiger partial charge in [0, 0.05) is 23.9 Å². The molecule has 0 aliphatic heterocycles. The van der Waals surface area contributed by atoms with Crippen molar-refractivity contribution in [2.75, 3.05) is 7.11 Å². The quantitative estimate of drug-likeness (QED) is 0.419. The van der Waals surface area contributed by atoms with E-state index in [9.17, 15) is 14.7 Å². The molecular formula is C22H18NNaO4. The van der Waals surface area contributed by atoms with Crippen molar-refractivity contribution < 1.29 is 49.0 Å². The van der Waals surface area contributed by atoms with Gasteiger partial charge in [0.05, 0.1) is 18.8 Å². The number of hydrogen-bond acceptors (Lipinski definition) is 4. The molecule has 0 unspecified atom stereocenters. The number of methoxy groups -OCH3 is 1. The summed E-state index contributed by atoms with van der Waals surface area (Å²) >= 11 is 0. The molecule has 0 bridgehead atoms. The minimum absolute atomic E-state index is 0. The molecular weight excluding hydrogens is 365 g/mol. The Morgan fingerprint density at radius 3 is 2.43 bits per heavy atom. The molecule has 6 heteroatoms. The monoisotopic (exact) mass is 383 g/mol. The fraction of sp³-hybridized carbons (Fsp3) is 0.0909. The maximum atomic E-state index is 12.7. The predicted molar refractivity (Wildman–Crippen MR) is 101 cm³/mol. The molecule has 0 N–H and O–H groups in total. The molecule has 3 aromatic rings. The number of carboxylic acid groups (broad SMARTS) is 1. The summed E-state index contributed by atoms with van der Waals surface area (Å²) in [7, 11) is 1.58. The van der Waals surface area contributed by atoms with E-state index in [-0.39, 0.29) is 40.9 Å². The first kappa shape index (κ1) is 21.7. The summed E-state index contributed by atoms with van der Waals surface area (Å²) in [5, 5.41) is 11.2. The molecule has 0 aliphatic carbocycles. The number of aromatic nitrogens is 1. The number of nitrogens with zero attached hydrogens (tertiary/aromatic N) is 1. The number of aromatic carboxylic acids is 1. The summed E-state index contributed by atoms with van der Waals surface area (Å²) in [5.41, 5.74) is 1.82. The van der Waals surface area contributed by atoms with Crippen molar-refractivity contribution in [3.05, 3.63) is 95.3 Å². The first-order chi connectivity index (χ1) is 13.1. The largest absolute Gasteiger partial charge is 1.00 e. The van der Waals surface area contributed by atoms with Gasteiger partial charge in [0.2, 0.25) is 5.78 Å². The molecule has 2 aromatic carbocycles. The van der Waals surface area contributed by atoms with Crippen LogP contribution >= 0.6 is 0 Å². The van der Waals surface area contributed by atoms with Crippen LogP contribution in [-0.2, 0) is 6.54 Å². The van der Waals surface area contributed by atoms with Crippen LogP contribution < -0.4 is 39.4 Å². The second kappa shape index (κ2) is 10.1. The van der Waals surface area contributed by atoms with Crippen molar-refractivity contribution in [2.45, 2.75) is 6.54 Å². The van der Waals surface area contributed by atoms with Crippen LogP contribution in [0.15, 0.2) is 72.9 Å². The molecule has 0 aliphatic rings. The number of ketones is 1. The summed E-state index contributed by atoms with van der Waals surface area (Å²) in [6, 6.07) is 17.1. The van der Waals surface area contributed by atoms with Crippen LogP contribution in [-0.4, -0.2) is 23.4 Å². The van der Waals surface area contributed by atoms with Crippen LogP contribution in [0.3, 0.4) is 0 Å². The average Bonchev–Trinajstić information content (AvgIpc) is 3.16. The first-order valence-electron chi connectivity index (χ1n) is 8.41. The van der Waals surface area contributed by atoms with Gasteiger partial charge in [-0.15, -0.1) is 0 Å². The Bertz CT molecular complexity index is 990. The van der Waals surface area contributed by atoms with E-state index in [0.717, 1.165) is 0 Å². The van der Waals surface area contributed by atoms with Gasteiger partial charge in [-0.3, -0.25) is 4.79 Å².